The fraction of sp³-hybridized carbons (Fsp3) is 0.842. The first-order valence-electron chi connectivity index (χ1n) is 10.2. The number of carbonyl (C=O) groups excluding carboxylic acids is 2. The predicted molar refractivity (Wildman–Crippen MR) is 123 cm³/mol. The standard InChI is InChI=1S/C19H36N6O2.HI/c1-6-19(4)16(26)25(18(27)22-19)12-9-11-21-17(20-5)24-13-10-15(14-24)23(7-2)8-3;/h15H,6-14H2,1-5H3,(H,20,21)(H,22,27);1H. The Labute approximate surface area is 186 Å². The van der Waals surface area contributed by atoms with E-state index in [1.807, 2.05) is 6.92 Å². The SMILES string of the molecule is CCN(CC)C1CCN(C(=NC)NCCCN2C(=O)NC(C)(CC)C2=O)C1.I. The summed E-state index contributed by atoms with van der Waals surface area (Å²) < 4.78 is 0. The zero-order chi connectivity index (χ0) is 20.0. The van der Waals surface area contributed by atoms with E-state index in [4.69, 9.17) is 0 Å². The van der Waals surface area contributed by atoms with Crippen molar-refractivity contribution in [3.05, 3.63) is 0 Å². The van der Waals surface area contributed by atoms with E-state index in [-0.39, 0.29) is 35.9 Å². The summed E-state index contributed by atoms with van der Waals surface area (Å²) in [6.07, 6.45) is 2.45. The van der Waals surface area contributed by atoms with E-state index in [1.54, 1.807) is 14.0 Å². The largest absolute Gasteiger partial charge is 0.356 e. The summed E-state index contributed by atoms with van der Waals surface area (Å²) in [6.45, 7) is 13.4. The van der Waals surface area contributed by atoms with Crippen LogP contribution in [0.3, 0.4) is 0 Å². The van der Waals surface area contributed by atoms with E-state index in [0.717, 1.165) is 38.6 Å². The summed E-state index contributed by atoms with van der Waals surface area (Å²) in [7, 11) is 1.80. The molecular weight excluding hydrogens is 471 g/mol. The molecule has 2 atom stereocenters. The third kappa shape index (κ3) is 5.49. The summed E-state index contributed by atoms with van der Waals surface area (Å²) in [5, 5.41) is 6.18. The maximum Gasteiger partial charge on any atom is 0.325 e. The molecule has 2 rings (SSSR count). The van der Waals surface area contributed by atoms with Gasteiger partial charge in [0, 0.05) is 39.3 Å². The first-order chi connectivity index (χ1) is 12.9. The third-order valence-corrected chi connectivity index (χ3v) is 5.90. The summed E-state index contributed by atoms with van der Waals surface area (Å²) in [5.41, 5.74) is -0.754. The van der Waals surface area contributed by atoms with Gasteiger partial charge in [-0.1, -0.05) is 20.8 Å². The minimum absolute atomic E-state index is 0. The van der Waals surface area contributed by atoms with E-state index in [9.17, 15) is 9.59 Å². The van der Waals surface area contributed by atoms with Crippen LogP contribution in [-0.4, -0.2) is 90.5 Å². The molecule has 2 unspecified atom stereocenters. The Bertz CT molecular complexity index is 569. The van der Waals surface area contributed by atoms with Crippen LogP contribution < -0.4 is 10.6 Å². The number of amides is 3. The molecule has 2 saturated heterocycles. The van der Waals surface area contributed by atoms with Crippen molar-refractivity contribution in [1.29, 1.82) is 0 Å². The molecule has 0 aliphatic carbocycles. The van der Waals surface area contributed by atoms with Crippen LogP contribution in [0.5, 0.6) is 0 Å². The first kappa shape index (κ1) is 24.9. The molecule has 2 aliphatic heterocycles. The van der Waals surface area contributed by atoms with E-state index in [1.165, 1.54) is 4.90 Å². The van der Waals surface area contributed by atoms with Gasteiger partial charge in [0.25, 0.3) is 5.91 Å². The summed E-state index contributed by atoms with van der Waals surface area (Å²) in [6, 6.07) is 0.298. The van der Waals surface area contributed by atoms with Crippen molar-refractivity contribution in [1.82, 2.24) is 25.3 Å². The summed E-state index contributed by atoms with van der Waals surface area (Å²) in [5.74, 6) is 0.779. The molecule has 2 heterocycles. The fourth-order valence-electron chi connectivity index (χ4n) is 3.93. The second-order valence-corrected chi connectivity index (χ2v) is 7.51. The zero-order valence-electron chi connectivity index (χ0n) is 18.0. The molecule has 2 fully saturated rings. The number of hydrogen-bond acceptors (Lipinski definition) is 4. The second-order valence-electron chi connectivity index (χ2n) is 7.51. The molecule has 0 saturated carbocycles. The Morgan fingerprint density at radius 2 is 2.00 bits per heavy atom. The number of rotatable bonds is 8. The number of nitrogens with zero attached hydrogens (tertiary/aromatic N) is 4. The molecule has 0 aromatic heterocycles. The average molecular weight is 508 g/mol. The van der Waals surface area contributed by atoms with Crippen molar-refractivity contribution in [3.8, 4) is 0 Å². The number of imide groups is 1. The molecular formula is C19H37IN6O2. The van der Waals surface area contributed by atoms with Gasteiger partial charge in [0.05, 0.1) is 0 Å². The maximum atomic E-state index is 12.4. The minimum atomic E-state index is -0.754. The number of guanidine groups is 1. The Morgan fingerprint density at radius 3 is 2.54 bits per heavy atom. The van der Waals surface area contributed by atoms with Gasteiger partial charge in [0.2, 0.25) is 0 Å². The smallest absolute Gasteiger partial charge is 0.325 e. The highest BCUT2D eigenvalue weighted by molar-refractivity contribution is 14.0. The number of carbonyl (C=O) groups is 2. The molecule has 8 nitrogen and oxygen atoms in total. The quantitative estimate of drug-likeness (QED) is 0.172. The van der Waals surface area contributed by atoms with Gasteiger partial charge in [-0.2, -0.15) is 0 Å². The van der Waals surface area contributed by atoms with Gasteiger partial charge in [-0.15, -0.1) is 24.0 Å². The molecule has 0 aromatic rings. The highest BCUT2D eigenvalue weighted by Crippen LogP contribution is 2.20. The minimum Gasteiger partial charge on any atom is -0.356 e. The molecule has 9 heteroatoms. The molecule has 28 heavy (non-hydrogen) atoms. The predicted octanol–water partition coefficient (Wildman–Crippen LogP) is 1.71. The monoisotopic (exact) mass is 508 g/mol. The number of likely N-dealkylation sites (tertiary alicyclic amines) is 1. The van der Waals surface area contributed by atoms with Crippen LogP contribution >= 0.6 is 24.0 Å². The van der Waals surface area contributed by atoms with Gasteiger partial charge in [-0.3, -0.25) is 19.6 Å². The van der Waals surface area contributed by atoms with Gasteiger partial charge in [0.1, 0.15) is 5.54 Å². The second kappa shape index (κ2) is 11.2. The van der Waals surface area contributed by atoms with Crippen LogP contribution in [0.1, 0.15) is 47.0 Å². The van der Waals surface area contributed by atoms with Crippen LogP contribution in [0, 0.1) is 0 Å². The van der Waals surface area contributed by atoms with Crippen LogP contribution in [0.25, 0.3) is 0 Å². The van der Waals surface area contributed by atoms with E-state index in [2.05, 4.69) is 39.3 Å². The Morgan fingerprint density at radius 1 is 1.32 bits per heavy atom. The highest BCUT2D eigenvalue weighted by atomic mass is 127. The molecule has 3 amide bonds. The molecule has 0 spiro atoms. The van der Waals surface area contributed by atoms with Crippen LogP contribution in [0.15, 0.2) is 4.99 Å². The van der Waals surface area contributed by atoms with Crippen LogP contribution in [-0.2, 0) is 4.79 Å². The normalized spacial score (nSPS) is 25.4. The topological polar surface area (TPSA) is 80.3 Å². The zero-order valence-corrected chi connectivity index (χ0v) is 20.3. The first-order valence-corrected chi connectivity index (χ1v) is 10.2. The lowest BCUT2D eigenvalue weighted by molar-refractivity contribution is -0.130. The van der Waals surface area contributed by atoms with Crippen LogP contribution in [0.4, 0.5) is 4.79 Å². The van der Waals surface area contributed by atoms with E-state index < -0.39 is 5.54 Å². The number of urea groups is 1. The molecule has 0 aromatic carbocycles. The number of likely N-dealkylation sites (N-methyl/N-ethyl adjacent to an activating group) is 1. The Kier molecular flexibility index (Phi) is 9.96. The number of hydrogen-bond donors (Lipinski definition) is 2. The van der Waals surface area contributed by atoms with Crippen molar-refractivity contribution in [2.45, 2.75) is 58.5 Å². The molecule has 2 N–H and O–H groups in total. The summed E-state index contributed by atoms with van der Waals surface area (Å²) in [4.78, 5) is 35.0. The van der Waals surface area contributed by atoms with Crippen LogP contribution in [0.2, 0.25) is 0 Å². The lowest BCUT2D eigenvalue weighted by Gasteiger charge is -2.27. The average Bonchev–Trinajstić information content (AvgIpc) is 3.22. The van der Waals surface area contributed by atoms with Gasteiger partial charge in [-0.25, -0.2) is 4.79 Å². The number of aliphatic imine (C=N–C) groups is 1. The molecule has 0 radical (unpaired) electrons. The van der Waals surface area contributed by atoms with E-state index >= 15 is 0 Å². The van der Waals surface area contributed by atoms with Gasteiger partial charge >= 0.3 is 6.03 Å². The highest BCUT2D eigenvalue weighted by Gasteiger charge is 2.45. The van der Waals surface area contributed by atoms with Crippen molar-refractivity contribution < 1.29 is 9.59 Å². The fourth-order valence-corrected chi connectivity index (χ4v) is 3.93. The molecule has 162 valence electrons. The summed E-state index contributed by atoms with van der Waals surface area (Å²) >= 11 is 0. The lowest BCUT2D eigenvalue weighted by atomic mass is 9.99. The number of halogens is 1. The molecule has 2 aliphatic rings. The van der Waals surface area contributed by atoms with Crippen molar-refractivity contribution in [2.24, 2.45) is 4.99 Å². The van der Waals surface area contributed by atoms with Crippen molar-refractivity contribution >= 4 is 41.9 Å². The maximum absolute atomic E-state index is 12.4. The Balaban J connectivity index is 0.00000392. The van der Waals surface area contributed by atoms with Crippen molar-refractivity contribution in [2.75, 3.05) is 46.3 Å². The van der Waals surface area contributed by atoms with Gasteiger partial charge in [0.15, 0.2) is 5.96 Å². The van der Waals surface area contributed by atoms with Gasteiger partial charge < -0.3 is 15.5 Å². The number of nitrogens with one attached hydrogen (secondary N) is 2. The molecule has 0 bridgehead atoms. The Hall–Kier alpha value is -1.10. The van der Waals surface area contributed by atoms with Gasteiger partial charge in [-0.05, 0) is 39.3 Å². The van der Waals surface area contributed by atoms with E-state index in [0.29, 0.717) is 32.0 Å². The third-order valence-electron chi connectivity index (χ3n) is 5.90. The van der Waals surface area contributed by atoms with Crippen molar-refractivity contribution in [3.63, 3.8) is 0 Å². The lowest BCUT2D eigenvalue weighted by Crippen LogP contribution is -2.44.